The number of anilines is 1. The summed E-state index contributed by atoms with van der Waals surface area (Å²) >= 11 is 0. The quantitative estimate of drug-likeness (QED) is 0.593. The predicted octanol–water partition coefficient (Wildman–Crippen LogP) is 4.96. The number of nitriles is 1. The lowest BCUT2D eigenvalue weighted by atomic mass is 9.79. The van der Waals surface area contributed by atoms with Crippen LogP contribution in [0.2, 0.25) is 0 Å². The molecule has 1 atom stereocenters. The van der Waals surface area contributed by atoms with Crippen LogP contribution in [0.3, 0.4) is 0 Å². The molecule has 28 heavy (non-hydrogen) atoms. The molecular formula is C23H33BN2O2. The second-order valence-electron chi connectivity index (χ2n) is 9.00. The number of hydrogen-bond acceptors (Lipinski definition) is 4. The molecule has 5 heteroatoms. The number of rotatable bonds is 4. The van der Waals surface area contributed by atoms with Gasteiger partial charge in [-0.1, -0.05) is 37.5 Å². The van der Waals surface area contributed by atoms with Crippen molar-refractivity contribution in [3.05, 3.63) is 35.9 Å². The van der Waals surface area contributed by atoms with Gasteiger partial charge in [0.25, 0.3) is 0 Å². The molecule has 1 fully saturated rings. The van der Waals surface area contributed by atoms with Gasteiger partial charge in [0.2, 0.25) is 0 Å². The second kappa shape index (κ2) is 8.72. The Labute approximate surface area is 170 Å². The summed E-state index contributed by atoms with van der Waals surface area (Å²) in [6, 6.07) is 10.3. The summed E-state index contributed by atoms with van der Waals surface area (Å²) in [5.74, 6) is 0. The van der Waals surface area contributed by atoms with Crippen molar-refractivity contribution in [3.8, 4) is 6.07 Å². The molecule has 1 aromatic rings. The third-order valence-electron chi connectivity index (χ3n) is 6.32. The number of nitrogens with zero attached hydrogens (tertiary/aromatic N) is 1. The zero-order valence-corrected chi connectivity index (χ0v) is 17.8. The van der Waals surface area contributed by atoms with Crippen molar-refractivity contribution in [2.75, 3.05) is 5.32 Å². The fourth-order valence-corrected chi connectivity index (χ4v) is 3.75. The number of benzene rings is 1. The minimum Gasteiger partial charge on any atom is -0.399 e. The molecular weight excluding hydrogens is 347 g/mol. The standard InChI is InChI=1S/C23H33BN2O2/c1-22(2)23(3,4)28-24(27-22)19-13-15-20(16-14-19)26-21(17-25)18-11-9-7-5-6-8-10-12-18/h11,13-16,21,26H,5-10,12H2,1-4H3/b18-11+. The highest BCUT2D eigenvalue weighted by Gasteiger charge is 2.51. The van der Waals surface area contributed by atoms with E-state index in [1.807, 2.05) is 24.3 Å². The van der Waals surface area contributed by atoms with Gasteiger partial charge in [-0.05, 0) is 76.5 Å². The highest BCUT2D eigenvalue weighted by atomic mass is 16.7. The Bertz CT molecular complexity index is 718. The molecule has 1 saturated heterocycles. The van der Waals surface area contributed by atoms with E-state index >= 15 is 0 Å². The topological polar surface area (TPSA) is 54.3 Å². The molecule has 1 aliphatic heterocycles. The minimum absolute atomic E-state index is 0.263. The highest BCUT2D eigenvalue weighted by Crippen LogP contribution is 2.36. The van der Waals surface area contributed by atoms with E-state index in [1.165, 1.54) is 37.7 Å². The van der Waals surface area contributed by atoms with E-state index in [1.54, 1.807) is 0 Å². The first-order valence-electron chi connectivity index (χ1n) is 10.6. The maximum absolute atomic E-state index is 9.72. The van der Waals surface area contributed by atoms with Gasteiger partial charge in [-0.3, -0.25) is 0 Å². The SMILES string of the molecule is CC1(C)OB(c2ccc(NC(C#N)/C3=C/CCCCCCC3)cc2)OC1(C)C. The molecule has 1 aliphatic carbocycles. The van der Waals surface area contributed by atoms with Crippen LogP contribution in [0.5, 0.6) is 0 Å². The average Bonchev–Trinajstić information content (AvgIpc) is 2.96. The van der Waals surface area contributed by atoms with Crippen molar-refractivity contribution >= 4 is 18.3 Å². The molecule has 0 bridgehead atoms. The Kier molecular flexibility index (Phi) is 6.52. The molecule has 0 spiro atoms. The van der Waals surface area contributed by atoms with Gasteiger partial charge in [0.15, 0.2) is 0 Å². The van der Waals surface area contributed by atoms with Crippen LogP contribution < -0.4 is 10.8 Å². The Balaban J connectivity index is 1.67. The van der Waals surface area contributed by atoms with Gasteiger partial charge >= 0.3 is 7.12 Å². The lowest BCUT2D eigenvalue weighted by molar-refractivity contribution is 0.00578. The zero-order chi connectivity index (χ0) is 20.2. The van der Waals surface area contributed by atoms with Gasteiger partial charge in [0.05, 0.1) is 17.3 Å². The molecule has 1 aromatic carbocycles. The summed E-state index contributed by atoms with van der Waals surface area (Å²) in [6.07, 6.45) is 10.6. The molecule has 1 heterocycles. The smallest absolute Gasteiger partial charge is 0.399 e. The third kappa shape index (κ3) is 4.80. The number of nitrogens with one attached hydrogen (secondary N) is 1. The molecule has 0 saturated carbocycles. The molecule has 1 unspecified atom stereocenters. The van der Waals surface area contributed by atoms with E-state index in [0.29, 0.717) is 0 Å². The maximum atomic E-state index is 9.72. The highest BCUT2D eigenvalue weighted by molar-refractivity contribution is 6.62. The second-order valence-corrected chi connectivity index (χ2v) is 9.00. The van der Waals surface area contributed by atoms with Crippen LogP contribution in [-0.2, 0) is 9.31 Å². The van der Waals surface area contributed by atoms with E-state index in [4.69, 9.17) is 9.31 Å². The lowest BCUT2D eigenvalue weighted by Crippen LogP contribution is -2.41. The lowest BCUT2D eigenvalue weighted by Gasteiger charge is -2.32. The first-order valence-corrected chi connectivity index (χ1v) is 10.6. The third-order valence-corrected chi connectivity index (χ3v) is 6.32. The summed E-state index contributed by atoms with van der Waals surface area (Å²) in [5, 5.41) is 13.1. The molecule has 2 aliphatic rings. The van der Waals surface area contributed by atoms with E-state index in [2.05, 4.69) is 45.2 Å². The molecule has 0 amide bonds. The monoisotopic (exact) mass is 380 g/mol. The first-order chi connectivity index (χ1) is 13.3. The summed E-state index contributed by atoms with van der Waals surface area (Å²) in [4.78, 5) is 0. The van der Waals surface area contributed by atoms with E-state index in [0.717, 1.165) is 24.0 Å². The minimum atomic E-state index is -0.358. The molecule has 3 rings (SSSR count). The summed E-state index contributed by atoms with van der Waals surface area (Å²) < 4.78 is 12.2. The Morgan fingerprint density at radius 2 is 1.57 bits per heavy atom. The van der Waals surface area contributed by atoms with Crippen molar-refractivity contribution in [3.63, 3.8) is 0 Å². The van der Waals surface area contributed by atoms with Crippen molar-refractivity contribution in [1.29, 1.82) is 5.26 Å². The van der Waals surface area contributed by atoms with Gasteiger partial charge in [-0.2, -0.15) is 5.26 Å². The predicted molar refractivity (Wildman–Crippen MR) is 116 cm³/mol. The van der Waals surface area contributed by atoms with E-state index < -0.39 is 0 Å². The van der Waals surface area contributed by atoms with Crippen LogP contribution in [0.25, 0.3) is 0 Å². The zero-order valence-electron chi connectivity index (χ0n) is 17.8. The van der Waals surface area contributed by atoms with Gasteiger partial charge in [0.1, 0.15) is 6.04 Å². The van der Waals surface area contributed by atoms with Crippen molar-refractivity contribution < 1.29 is 9.31 Å². The average molecular weight is 380 g/mol. The first kappa shape index (κ1) is 21.0. The van der Waals surface area contributed by atoms with Crippen LogP contribution in [0.1, 0.15) is 72.6 Å². The van der Waals surface area contributed by atoms with Gasteiger partial charge in [-0.25, -0.2) is 0 Å². The van der Waals surface area contributed by atoms with Crippen LogP contribution in [0.4, 0.5) is 5.69 Å². The van der Waals surface area contributed by atoms with Crippen molar-refractivity contribution in [2.45, 2.75) is 89.9 Å². The normalized spacial score (nSPS) is 24.8. The van der Waals surface area contributed by atoms with Crippen LogP contribution >= 0.6 is 0 Å². The van der Waals surface area contributed by atoms with Gasteiger partial charge in [-0.15, -0.1) is 0 Å². The largest absolute Gasteiger partial charge is 0.494 e. The molecule has 0 aromatic heterocycles. The Hall–Kier alpha value is -1.77. The Morgan fingerprint density at radius 1 is 0.964 bits per heavy atom. The molecule has 4 nitrogen and oxygen atoms in total. The van der Waals surface area contributed by atoms with E-state index in [-0.39, 0.29) is 24.4 Å². The van der Waals surface area contributed by atoms with Crippen LogP contribution in [-0.4, -0.2) is 24.4 Å². The fourth-order valence-electron chi connectivity index (χ4n) is 3.75. The Morgan fingerprint density at radius 3 is 2.21 bits per heavy atom. The maximum Gasteiger partial charge on any atom is 0.494 e. The van der Waals surface area contributed by atoms with Gasteiger partial charge in [0, 0.05) is 5.69 Å². The van der Waals surface area contributed by atoms with Gasteiger partial charge < -0.3 is 14.6 Å². The summed E-state index contributed by atoms with van der Waals surface area (Å²) in [7, 11) is -0.358. The summed E-state index contributed by atoms with van der Waals surface area (Å²) in [5.41, 5.74) is 2.50. The molecule has 0 radical (unpaired) electrons. The van der Waals surface area contributed by atoms with Crippen molar-refractivity contribution in [1.82, 2.24) is 0 Å². The molecule has 150 valence electrons. The number of hydrogen-bond donors (Lipinski definition) is 1. The van der Waals surface area contributed by atoms with E-state index in [9.17, 15) is 5.26 Å². The number of allylic oxidation sites excluding steroid dienone is 1. The summed E-state index contributed by atoms with van der Waals surface area (Å²) in [6.45, 7) is 8.24. The molecule has 1 N–H and O–H groups in total. The van der Waals surface area contributed by atoms with Crippen LogP contribution in [0, 0.1) is 11.3 Å². The van der Waals surface area contributed by atoms with Crippen LogP contribution in [0.15, 0.2) is 35.9 Å². The fraction of sp³-hybridized carbons (Fsp3) is 0.609. The van der Waals surface area contributed by atoms with Crippen molar-refractivity contribution in [2.24, 2.45) is 0 Å².